The van der Waals surface area contributed by atoms with E-state index >= 15 is 0 Å². The highest BCUT2D eigenvalue weighted by atomic mass is 15.1. The highest BCUT2D eigenvalue weighted by molar-refractivity contribution is 6.20. The zero-order chi connectivity index (χ0) is 34.6. The summed E-state index contributed by atoms with van der Waals surface area (Å²) in [7, 11) is 0. The first-order valence-corrected chi connectivity index (χ1v) is 17.7. The lowest BCUT2D eigenvalue weighted by Gasteiger charge is -2.18. The second-order valence-electron chi connectivity index (χ2n) is 13.1. The highest BCUT2D eigenvalue weighted by Crippen LogP contribution is 2.46. The number of fused-ring (bicyclic) bond motifs is 2. The van der Waals surface area contributed by atoms with Gasteiger partial charge in [-0.25, -0.2) is 4.98 Å². The van der Waals surface area contributed by atoms with E-state index in [1.807, 2.05) is 36.4 Å². The Labute approximate surface area is 294 Å². The summed E-state index contributed by atoms with van der Waals surface area (Å²) in [5, 5.41) is 21.5. The molecule has 0 saturated carbocycles. The van der Waals surface area contributed by atoms with Crippen LogP contribution in [0, 0.1) is 29.6 Å². The molecule has 0 saturated heterocycles. The van der Waals surface area contributed by atoms with Gasteiger partial charge in [0.25, 0.3) is 0 Å². The predicted molar refractivity (Wildman–Crippen MR) is 206 cm³/mol. The Balaban J connectivity index is 1.67. The maximum absolute atomic E-state index is 9.65. The van der Waals surface area contributed by atoms with Gasteiger partial charge in [-0.05, 0) is 120 Å². The predicted octanol–water partition coefficient (Wildman–Crippen LogP) is 11.9. The topological polar surface area (TPSA) is 65.4 Å². The van der Waals surface area contributed by atoms with E-state index in [0.717, 1.165) is 99.7 Å². The van der Waals surface area contributed by atoms with Crippen LogP contribution < -0.4 is 0 Å². The van der Waals surface area contributed by atoms with E-state index in [2.05, 4.69) is 116 Å². The van der Waals surface area contributed by atoms with Gasteiger partial charge in [-0.1, -0.05) is 93.4 Å². The maximum Gasteiger partial charge on any atom is 0.145 e. The first-order valence-electron chi connectivity index (χ1n) is 17.7. The number of nitrogens with zero attached hydrogens (tertiary/aromatic N) is 4. The number of aryl methyl sites for hydroxylation is 2. The van der Waals surface area contributed by atoms with Crippen LogP contribution in [0.15, 0.2) is 115 Å². The molecule has 6 aromatic carbocycles. The number of aromatic nitrogens is 2. The lowest BCUT2D eigenvalue weighted by atomic mass is 9.89. The van der Waals surface area contributed by atoms with E-state index in [0.29, 0.717) is 11.1 Å². The number of nitriles is 2. The standard InChI is InChI=1S/C46H40N4/c1-4-6-13-36-27-38(28-37(31(36)3)14-7-5-2)46-49-44-42(34-23-19-32(29-47)20-24-34)40-17-11-12-18-41(40)43(35-25-21-33(30-48)22-26-35)45(44)50(46)39-15-9-8-10-16-39/h8-12,15-28H,4-7,13-14H2,1-3H3. The molecule has 0 spiro atoms. The summed E-state index contributed by atoms with van der Waals surface area (Å²) in [6, 6.07) is 44.2. The summed E-state index contributed by atoms with van der Waals surface area (Å²) < 4.78 is 2.35. The van der Waals surface area contributed by atoms with E-state index in [9.17, 15) is 10.5 Å². The molecule has 0 N–H and O–H groups in total. The second-order valence-corrected chi connectivity index (χ2v) is 13.1. The van der Waals surface area contributed by atoms with Crippen LogP contribution >= 0.6 is 0 Å². The van der Waals surface area contributed by atoms with Gasteiger partial charge in [-0.2, -0.15) is 10.5 Å². The van der Waals surface area contributed by atoms with Crippen molar-refractivity contribution in [3.05, 3.63) is 143 Å². The minimum Gasteiger partial charge on any atom is -0.292 e. The van der Waals surface area contributed by atoms with Crippen molar-refractivity contribution in [1.82, 2.24) is 9.55 Å². The monoisotopic (exact) mass is 648 g/mol. The van der Waals surface area contributed by atoms with Crippen LogP contribution in [0.1, 0.15) is 67.3 Å². The van der Waals surface area contributed by atoms with Crippen molar-refractivity contribution >= 4 is 21.8 Å². The van der Waals surface area contributed by atoms with Gasteiger partial charge in [0.15, 0.2) is 0 Å². The van der Waals surface area contributed by atoms with Crippen molar-refractivity contribution in [1.29, 1.82) is 10.5 Å². The molecule has 0 unspecified atom stereocenters. The second kappa shape index (κ2) is 14.3. The van der Waals surface area contributed by atoms with Crippen molar-refractivity contribution in [2.45, 2.75) is 59.3 Å². The van der Waals surface area contributed by atoms with Crippen molar-refractivity contribution in [3.63, 3.8) is 0 Å². The summed E-state index contributed by atoms with van der Waals surface area (Å²) >= 11 is 0. The number of para-hydroxylation sites is 1. The van der Waals surface area contributed by atoms with Gasteiger partial charge in [0.2, 0.25) is 0 Å². The van der Waals surface area contributed by atoms with Gasteiger partial charge >= 0.3 is 0 Å². The molecule has 50 heavy (non-hydrogen) atoms. The molecule has 0 aliphatic rings. The van der Waals surface area contributed by atoms with Crippen LogP contribution in [-0.2, 0) is 12.8 Å². The van der Waals surface area contributed by atoms with E-state index in [-0.39, 0.29) is 0 Å². The molecule has 0 aliphatic carbocycles. The Hall–Kier alpha value is -5.97. The average Bonchev–Trinajstić information content (AvgIpc) is 3.56. The average molecular weight is 649 g/mol. The molecule has 1 aromatic heterocycles. The third-order valence-electron chi connectivity index (χ3n) is 9.92. The van der Waals surface area contributed by atoms with Gasteiger partial charge < -0.3 is 0 Å². The van der Waals surface area contributed by atoms with Crippen molar-refractivity contribution in [3.8, 4) is 51.5 Å². The number of imidazole rings is 1. The fourth-order valence-electron chi connectivity index (χ4n) is 7.25. The Morgan fingerprint density at radius 2 is 1.10 bits per heavy atom. The fourth-order valence-corrected chi connectivity index (χ4v) is 7.25. The summed E-state index contributed by atoms with van der Waals surface area (Å²) in [6.45, 7) is 6.80. The molecule has 0 amide bonds. The quantitative estimate of drug-likeness (QED) is 0.148. The molecule has 4 heteroatoms. The van der Waals surface area contributed by atoms with Crippen LogP contribution in [0.2, 0.25) is 0 Å². The van der Waals surface area contributed by atoms with E-state index in [1.165, 1.54) is 16.7 Å². The molecular formula is C46H40N4. The Kier molecular flexibility index (Phi) is 9.28. The molecule has 7 rings (SSSR count). The molecule has 244 valence electrons. The van der Waals surface area contributed by atoms with E-state index < -0.39 is 0 Å². The lowest BCUT2D eigenvalue weighted by Crippen LogP contribution is -2.03. The van der Waals surface area contributed by atoms with Crippen LogP contribution in [0.5, 0.6) is 0 Å². The molecule has 0 radical (unpaired) electrons. The first kappa shape index (κ1) is 32.6. The molecule has 4 nitrogen and oxygen atoms in total. The Morgan fingerprint density at radius 3 is 1.62 bits per heavy atom. The third-order valence-corrected chi connectivity index (χ3v) is 9.92. The smallest absolute Gasteiger partial charge is 0.145 e. The highest BCUT2D eigenvalue weighted by Gasteiger charge is 2.25. The number of rotatable bonds is 10. The minimum atomic E-state index is 0.623. The Bertz CT molecular complexity index is 2370. The van der Waals surface area contributed by atoms with Crippen LogP contribution in [0.3, 0.4) is 0 Å². The summed E-state index contributed by atoms with van der Waals surface area (Å²) in [5.41, 5.74) is 13.7. The van der Waals surface area contributed by atoms with Gasteiger partial charge in [0.05, 0.1) is 34.3 Å². The zero-order valence-corrected chi connectivity index (χ0v) is 29.0. The SMILES string of the molecule is CCCCc1cc(-c2nc3c(-c4ccc(C#N)cc4)c4ccccc4c(-c4ccc(C#N)cc4)c3n2-c2ccccc2)cc(CCCC)c1C. The molecule has 0 aliphatic heterocycles. The van der Waals surface area contributed by atoms with Gasteiger partial charge in [0, 0.05) is 22.4 Å². The van der Waals surface area contributed by atoms with Crippen molar-refractivity contribution in [2.24, 2.45) is 0 Å². The minimum absolute atomic E-state index is 0.623. The fraction of sp³-hybridized carbons (Fsp3) is 0.196. The molecule has 0 bridgehead atoms. The number of hydrogen-bond donors (Lipinski definition) is 0. The zero-order valence-electron chi connectivity index (χ0n) is 29.0. The molecule has 0 atom stereocenters. The largest absolute Gasteiger partial charge is 0.292 e. The lowest BCUT2D eigenvalue weighted by molar-refractivity contribution is 0.773. The molecule has 0 fully saturated rings. The third kappa shape index (κ3) is 5.95. The van der Waals surface area contributed by atoms with Crippen LogP contribution in [0.25, 0.3) is 61.1 Å². The number of benzene rings is 6. The summed E-state index contributed by atoms with van der Waals surface area (Å²) in [4.78, 5) is 5.67. The van der Waals surface area contributed by atoms with Crippen LogP contribution in [-0.4, -0.2) is 9.55 Å². The molecular weight excluding hydrogens is 609 g/mol. The number of hydrogen-bond acceptors (Lipinski definition) is 3. The Morgan fingerprint density at radius 1 is 0.600 bits per heavy atom. The van der Waals surface area contributed by atoms with Gasteiger partial charge in [-0.15, -0.1) is 0 Å². The van der Waals surface area contributed by atoms with Gasteiger partial charge in [0.1, 0.15) is 5.82 Å². The first-order chi connectivity index (χ1) is 24.6. The number of unbranched alkanes of at least 4 members (excludes halogenated alkanes) is 2. The van der Waals surface area contributed by atoms with Crippen LogP contribution in [0.4, 0.5) is 0 Å². The normalized spacial score (nSPS) is 11.1. The maximum atomic E-state index is 9.65. The molecule has 7 aromatic rings. The molecule has 1 heterocycles. The van der Waals surface area contributed by atoms with E-state index in [1.54, 1.807) is 0 Å². The van der Waals surface area contributed by atoms with Gasteiger partial charge in [-0.3, -0.25) is 4.57 Å². The van der Waals surface area contributed by atoms with Crippen molar-refractivity contribution in [2.75, 3.05) is 0 Å². The summed E-state index contributed by atoms with van der Waals surface area (Å²) in [6.07, 6.45) is 6.65. The van der Waals surface area contributed by atoms with Crippen molar-refractivity contribution < 1.29 is 0 Å². The summed E-state index contributed by atoms with van der Waals surface area (Å²) in [5.74, 6) is 0.904. The van der Waals surface area contributed by atoms with E-state index in [4.69, 9.17) is 4.98 Å².